The van der Waals surface area contributed by atoms with Crippen molar-refractivity contribution in [3.05, 3.63) is 0 Å². The smallest absolute Gasteiger partial charge is 0.327 e. The maximum Gasteiger partial charge on any atom is 0.327 e. The fraction of sp³-hybridized carbons (Fsp3) is 0.750. The number of hydrogen-bond acceptors (Lipinski definition) is 3. The lowest BCUT2D eigenvalue weighted by Gasteiger charge is -2.22. The number of aliphatic carboxylic acids is 1. The van der Waals surface area contributed by atoms with Gasteiger partial charge in [0.15, 0.2) is 0 Å². The third-order valence-electron chi connectivity index (χ3n) is 3.59. The molecule has 0 radical (unpaired) electrons. The first kappa shape index (κ1) is 15.9. The molecule has 0 spiro atoms. The molecule has 1 unspecified atom stereocenters. The highest BCUT2D eigenvalue weighted by Crippen LogP contribution is 2.26. The first-order chi connectivity index (χ1) is 8.73. The third-order valence-corrected chi connectivity index (χ3v) is 4.38. The first-order valence-corrected chi connectivity index (χ1v) is 7.24. The van der Waals surface area contributed by atoms with E-state index in [1.54, 1.807) is 20.9 Å². The number of urea groups is 1. The Morgan fingerprint density at radius 3 is 2.37 bits per heavy atom. The van der Waals surface area contributed by atoms with Crippen molar-refractivity contribution in [1.29, 1.82) is 0 Å². The van der Waals surface area contributed by atoms with Crippen LogP contribution in [0.5, 0.6) is 0 Å². The second kappa shape index (κ2) is 5.90. The SMILES string of the molecule is CN1C(=O)N(CCCC(CBr)C(=O)O)C(=O)C1(C)C. The van der Waals surface area contributed by atoms with Crippen molar-refractivity contribution in [1.82, 2.24) is 9.80 Å². The van der Waals surface area contributed by atoms with E-state index in [0.717, 1.165) is 0 Å². The van der Waals surface area contributed by atoms with Crippen LogP contribution in [0.25, 0.3) is 0 Å². The summed E-state index contributed by atoms with van der Waals surface area (Å²) < 4.78 is 0. The molecule has 108 valence electrons. The Hall–Kier alpha value is -1.11. The number of halogens is 1. The summed E-state index contributed by atoms with van der Waals surface area (Å²) in [5, 5.41) is 9.28. The zero-order valence-corrected chi connectivity index (χ0v) is 12.9. The number of rotatable bonds is 6. The molecule has 1 aliphatic rings. The molecule has 6 nitrogen and oxygen atoms in total. The van der Waals surface area contributed by atoms with E-state index in [1.807, 2.05) is 0 Å². The van der Waals surface area contributed by atoms with Crippen molar-refractivity contribution < 1.29 is 19.5 Å². The summed E-state index contributed by atoms with van der Waals surface area (Å²) in [6, 6.07) is -0.319. The van der Waals surface area contributed by atoms with E-state index in [0.29, 0.717) is 18.2 Å². The zero-order chi connectivity index (χ0) is 14.8. The number of amides is 3. The largest absolute Gasteiger partial charge is 0.481 e. The standard InChI is InChI=1S/C12H19BrN2O4/c1-12(2)10(18)15(11(19)14(12)3)6-4-5-8(7-13)9(16)17/h8H,4-7H2,1-3H3,(H,16,17). The normalized spacial score (nSPS) is 20.0. The average molecular weight is 335 g/mol. The van der Waals surface area contributed by atoms with Gasteiger partial charge in [-0.05, 0) is 26.7 Å². The summed E-state index contributed by atoms with van der Waals surface area (Å²) in [5.74, 6) is -1.59. The predicted octanol–water partition coefficient (Wildman–Crippen LogP) is 1.53. The maximum atomic E-state index is 12.1. The molecule has 1 saturated heterocycles. The minimum absolute atomic E-state index is 0.231. The third kappa shape index (κ3) is 3.08. The molecule has 0 aliphatic carbocycles. The van der Waals surface area contributed by atoms with Gasteiger partial charge in [-0.1, -0.05) is 15.9 Å². The van der Waals surface area contributed by atoms with Crippen molar-refractivity contribution in [2.75, 3.05) is 18.9 Å². The molecule has 0 aromatic rings. The van der Waals surface area contributed by atoms with Crippen LogP contribution >= 0.6 is 15.9 Å². The fourth-order valence-corrected chi connectivity index (χ4v) is 2.54. The van der Waals surface area contributed by atoms with Gasteiger partial charge in [0.1, 0.15) is 5.54 Å². The summed E-state index contributed by atoms with van der Waals surface area (Å²) in [6.07, 6.45) is 0.922. The molecule has 7 heteroatoms. The number of carboxylic acids is 1. The molecule has 1 N–H and O–H groups in total. The van der Waals surface area contributed by atoms with E-state index in [2.05, 4.69) is 15.9 Å². The van der Waals surface area contributed by atoms with Crippen molar-refractivity contribution in [2.24, 2.45) is 5.92 Å². The lowest BCUT2D eigenvalue weighted by Crippen LogP contribution is -2.41. The van der Waals surface area contributed by atoms with Crippen LogP contribution in [0.15, 0.2) is 0 Å². The van der Waals surface area contributed by atoms with Gasteiger partial charge < -0.3 is 10.0 Å². The van der Waals surface area contributed by atoms with E-state index in [9.17, 15) is 14.4 Å². The highest BCUT2D eigenvalue weighted by molar-refractivity contribution is 9.09. The monoisotopic (exact) mass is 334 g/mol. The summed E-state index contributed by atoms with van der Waals surface area (Å²) in [4.78, 5) is 37.4. The highest BCUT2D eigenvalue weighted by atomic mass is 79.9. The van der Waals surface area contributed by atoms with Crippen molar-refractivity contribution in [2.45, 2.75) is 32.2 Å². The van der Waals surface area contributed by atoms with Crippen LogP contribution in [0.3, 0.4) is 0 Å². The van der Waals surface area contributed by atoms with E-state index < -0.39 is 17.4 Å². The maximum absolute atomic E-state index is 12.1. The average Bonchev–Trinajstić information content (AvgIpc) is 2.48. The van der Waals surface area contributed by atoms with Crippen LogP contribution in [0.2, 0.25) is 0 Å². The molecule has 3 amide bonds. The Morgan fingerprint density at radius 2 is 2.00 bits per heavy atom. The number of carbonyl (C=O) groups excluding carboxylic acids is 2. The first-order valence-electron chi connectivity index (χ1n) is 6.12. The molecule has 1 aliphatic heterocycles. The Balaban J connectivity index is 2.57. The van der Waals surface area contributed by atoms with Crippen molar-refractivity contribution >= 4 is 33.8 Å². The number of nitrogens with zero attached hydrogens (tertiary/aromatic N) is 2. The molecule has 0 aromatic carbocycles. The van der Waals surface area contributed by atoms with Crippen LogP contribution < -0.4 is 0 Å². The molecular formula is C12H19BrN2O4. The number of hydrogen-bond donors (Lipinski definition) is 1. The van der Waals surface area contributed by atoms with Gasteiger partial charge in [0.2, 0.25) is 0 Å². The summed E-state index contributed by atoms with van der Waals surface area (Å²) in [6.45, 7) is 3.67. The minimum Gasteiger partial charge on any atom is -0.481 e. The summed E-state index contributed by atoms with van der Waals surface area (Å²) >= 11 is 3.14. The number of likely N-dealkylation sites (N-methyl/N-ethyl adjacent to an activating group) is 1. The molecule has 1 rings (SSSR count). The van der Waals surface area contributed by atoms with E-state index in [4.69, 9.17) is 5.11 Å². The zero-order valence-electron chi connectivity index (χ0n) is 11.4. The fourth-order valence-electron chi connectivity index (χ4n) is 1.94. The van der Waals surface area contributed by atoms with Crippen molar-refractivity contribution in [3.63, 3.8) is 0 Å². The Morgan fingerprint density at radius 1 is 1.42 bits per heavy atom. The topological polar surface area (TPSA) is 77.9 Å². The Bertz CT molecular complexity index is 397. The van der Waals surface area contributed by atoms with Crippen LogP contribution in [-0.2, 0) is 9.59 Å². The molecular weight excluding hydrogens is 316 g/mol. The van der Waals surface area contributed by atoms with Crippen LogP contribution in [0, 0.1) is 5.92 Å². The van der Waals surface area contributed by atoms with Gasteiger partial charge in [-0.15, -0.1) is 0 Å². The van der Waals surface area contributed by atoms with Gasteiger partial charge in [0.05, 0.1) is 5.92 Å². The van der Waals surface area contributed by atoms with E-state index in [1.165, 1.54) is 9.80 Å². The molecule has 1 atom stereocenters. The molecule has 1 fully saturated rings. The number of alkyl halides is 1. The van der Waals surface area contributed by atoms with E-state index in [-0.39, 0.29) is 18.5 Å². The number of carboxylic acid groups (broad SMARTS) is 1. The van der Waals surface area contributed by atoms with Gasteiger partial charge in [-0.2, -0.15) is 0 Å². The Kier molecular flexibility index (Phi) is 4.95. The van der Waals surface area contributed by atoms with Gasteiger partial charge in [-0.25, -0.2) is 4.79 Å². The summed E-state index contributed by atoms with van der Waals surface area (Å²) in [5.41, 5.74) is -0.821. The van der Waals surface area contributed by atoms with Gasteiger partial charge in [-0.3, -0.25) is 14.5 Å². The second-order valence-electron chi connectivity index (χ2n) is 5.19. The lowest BCUT2D eigenvalue weighted by atomic mass is 10.0. The van der Waals surface area contributed by atoms with Crippen LogP contribution in [-0.4, -0.2) is 57.3 Å². The van der Waals surface area contributed by atoms with Gasteiger partial charge >= 0.3 is 12.0 Å². The van der Waals surface area contributed by atoms with Gasteiger partial charge in [0.25, 0.3) is 5.91 Å². The molecule has 1 heterocycles. The van der Waals surface area contributed by atoms with Crippen molar-refractivity contribution in [3.8, 4) is 0 Å². The Labute approximate surface area is 120 Å². The predicted molar refractivity (Wildman–Crippen MR) is 73.1 cm³/mol. The molecule has 19 heavy (non-hydrogen) atoms. The van der Waals surface area contributed by atoms with Crippen LogP contribution in [0.1, 0.15) is 26.7 Å². The molecule has 0 saturated carbocycles. The highest BCUT2D eigenvalue weighted by Gasteiger charge is 2.48. The molecule has 0 bridgehead atoms. The molecule has 0 aromatic heterocycles. The lowest BCUT2D eigenvalue weighted by molar-refractivity contribution is -0.141. The number of carbonyl (C=O) groups is 3. The second-order valence-corrected chi connectivity index (χ2v) is 5.84. The van der Waals surface area contributed by atoms with Gasteiger partial charge in [0, 0.05) is 18.9 Å². The van der Waals surface area contributed by atoms with E-state index >= 15 is 0 Å². The summed E-state index contributed by atoms with van der Waals surface area (Å²) in [7, 11) is 1.60. The van der Waals surface area contributed by atoms with Crippen LogP contribution in [0.4, 0.5) is 4.79 Å². The minimum atomic E-state index is -0.867. The quantitative estimate of drug-likeness (QED) is 0.590. The number of imide groups is 1.